The molecule has 1 saturated heterocycles. The zero-order chi connectivity index (χ0) is 35.0. The van der Waals surface area contributed by atoms with Crippen molar-refractivity contribution < 1.29 is 14.3 Å². The van der Waals surface area contributed by atoms with E-state index in [0.717, 1.165) is 43.7 Å². The molecule has 2 aromatic heterocycles. The number of carbonyl (C=O) groups is 1. The minimum Gasteiger partial charge on any atom is -0.497 e. The zero-order valence-electron chi connectivity index (χ0n) is 29.0. The summed E-state index contributed by atoms with van der Waals surface area (Å²) in [5.74, 6) is 8.37. The number of allylic oxidation sites excluding steroid dienone is 1. The number of hydrogen-bond donors (Lipinski definition) is 5. The van der Waals surface area contributed by atoms with Gasteiger partial charge in [-0.25, -0.2) is 20.6 Å². The summed E-state index contributed by atoms with van der Waals surface area (Å²) in [6.45, 7) is 9.15. The van der Waals surface area contributed by atoms with Crippen LogP contribution in [0.1, 0.15) is 45.6 Å². The largest absolute Gasteiger partial charge is 0.497 e. The highest BCUT2D eigenvalue weighted by Crippen LogP contribution is 2.35. The lowest BCUT2D eigenvalue weighted by atomic mass is 10.0. The maximum atomic E-state index is 12.9. The van der Waals surface area contributed by atoms with E-state index in [1.807, 2.05) is 51.2 Å². The second kappa shape index (κ2) is 15.8. The number of pyridine rings is 1. The van der Waals surface area contributed by atoms with Crippen LogP contribution in [0.25, 0.3) is 22.2 Å². The molecule has 0 saturated carbocycles. The molecule has 13 heteroatoms. The number of nitrogens with two attached hydrogens (primary N) is 2. The molecule has 0 radical (unpaired) electrons. The van der Waals surface area contributed by atoms with Gasteiger partial charge in [-0.3, -0.25) is 10.2 Å². The van der Waals surface area contributed by atoms with Crippen molar-refractivity contribution in [2.75, 3.05) is 44.5 Å². The van der Waals surface area contributed by atoms with Gasteiger partial charge in [0, 0.05) is 66.8 Å². The fraction of sp³-hybridized carbons (Fsp3) is 0.389. The number of anilines is 2. The fourth-order valence-corrected chi connectivity index (χ4v) is 5.70. The molecule has 0 bridgehead atoms. The molecule has 1 atom stereocenters. The number of rotatable bonds is 13. The molecule has 2 aromatic carbocycles. The molecule has 3 heterocycles. The third-order valence-corrected chi connectivity index (χ3v) is 8.11. The SMILES string of the molecule is COc1cc(OC)cc(-c2cc3cnc(NCCC/C(N)=C/N(N)C4CCN(Cc5ccccc5)C4)nc3nc2NC(=O)NC(C)(C)C)c1. The van der Waals surface area contributed by atoms with Crippen LogP contribution in [0.5, 0.6) is 11.5 Å². The number of nitrogens with zero attached hydrogens (tertiary/aromatic N) is 5. The molecule has 260 valence electrons. The number of benzene rings is 2. The summed E-state index contributed by atoms with van der Waals surface area (Å²) < 4.78 is 11.0. The molecule has 13 nitrogen and oxygen atoms in total. The minimum absolute atomic E-state index is 0.226. The van der Waals surface area contributed by atoms with Crippen LogP contribution in [0.2, 0.25) is 0 Å². The van der Waals surface area contributed by atoms with Crippen LogP contribution >= 0.6 is 0 Å². The first-order chi connectivity index (χ1) is 23.5. The smallest absolute Gasteiger partial charge is 0.320 e. The molecule has 1 aliphatic heterocycles. The first-order valence-corrected chi connectivity index (χ1v) is 16.5. The Hall–Kier alpha value is -5.14. The Kier molecular flexibility index (Phi) is 11.4. The van der Waals surface area contributed by atoms with E-state index in [9.17, 15) is 4.79 Å². The van der Waals surface area contributed by atoms with Crippen LogP contribution in [-0.4, -0.2) is 76.3 Å². The van der Waals surface area contributed by atoms with Gasteiger partial charge in [0.1, 0.15) is 17.3 Å². The van der Waals surface area contributed by atoms with Gasteiger partial charge >= 0.3 is 6.03 Å². The zero-order valence-corrected chi connectivity index (χ0v) is 29.0. The number of fused-ring (bicyclic) bond motifs is 1. The van der Waals surface area contributed by atoms with Crippen molar-refractivity contribution >= 4 is 28.8 Å². The number of likely N-dealkylation sites (tertiary alicyclic amines) is 1. The summed E-state index contributed by atoms with van der Waals surface area (Å²) in [7, 11) is 3.17. The van der Waals surface area contributed by atoms with E-state index in [1.165, 1.54) is 5.56 Å². The molecule has 2 amide bonds. The Balaban J connectivity index is 1.22. The second-order valence-corrected chi connectivity index (χ2v) is 13.3. The van der Waals surface area contributed by atoms with Crippen molar-refractivity contribution in [3.63, 3.8) is 0 Å². The van der Waals surface area contributed by atoms with Crippen molar-refractivity contribution in [3.05, 3.63) is 78.3 Å². The number of amides is 2. The number of hydrazine groups is 1. The molecular formula is C36H48N10O3. The van der Waals surface area contributed by atoms with Gasteiger partial charge in [0.05, 0.1) is 20.3 Å². The van der Waals surface area contributed by atoms with Gasteiger partial charge in [0.25, 0.3) is 0 Å². The Labute approximate surface area is 288 Å². The van der Waals surface area contributed by atoms with Crippen molar-refractivity contribution in [3.8, 4) is 22.6 Å². The minimum atomic E-state index is -0.444. The van der Waals surface area contributed by atoms with Crippen molar-refractivity contribution in [2.45, 2.75) is 58.2 Å². The van der Waals surface area contributed by atoms with E-state index in [2.05, 4.69) is 55.1 Å². The van der Waals surface area contributed by atoms with Crippen molar-refractivity contribution in [1.29, 1.82) is 0 Å². The number of ether oxygens (including phenoxy) is 2. The monoisotopic (exact) mass is 668 g/mol. The first-order valence-electron chi connectivity index (χ1n) is 16.5. The number of nitrogens with one attached hydrogen (secondary N) is 3. The summed E-state index contributed by atoms with van der Waals surface area (Å²) in [6.07, 6.45) is 5.98. The molecule has 4 aromatic rings. The average molecular weight is 669 g/mol. The van der Waals surface area contributed by atoms with Gasteiger partial charge in [0.2, 0.25) is 5.95 Å². The number of carbonyl (C=O) groups excluding carboxylic acids is 1. The molecule has 1 unspecified atom stereocenters. The van der Waals surface area contributed by atoms with Crippen molar-refractivity contribution in [1.82, 2.24) is 30.2 Å². The van der Waals surface area contributed by atoms with Crippen LogP contribution in [0, 0.1) is 0 Å². The standard InChI is InChI=1S/C36H48N10O3/c1-36(2,3)44-35(47)43-33-31(25-16-29(48-4)19-30(17-25)49-5)18-26-20-40-34(42-32(26)41-33)39-14-9-12-27(37)22-46(38)28-13-15-45(23-28)21-24-10-7-6-8-11-24/h6-8,10-11,16-20,22,28H,9,12-15,21,23,37-38H2,1-5H3,(H3,39,40,41,42,43,44,47)/b27-22-. The number of hydrogen-bond acceptors (Lipinski definition) is 11. The number of urea groups is 1. The van der Waals surface area contributed by atoms with Crippen molar-refractivity contribution in [2.24, 2.45) is 11.6 Å². The number of aromatic nitrogens is 3. The number of methoxy groups -OCH3 is 2. The van der Waals surface area contributed by atoms with E-state index in [-0.39, 0.29) is 12.1 Å². The normalized spacial score (nSPS) is 15.2. The van der Waals surface area contributed by atoms with Gasteiger partial charge in [-0.2, -0.15) is 4.98 Å². The predicted molar refractivity (Wildman–Crippen MR) is 194 cm³/mol. The third kappa shape index (κ3) is 9.94. The van der Waals surface area contributed by atoms with Crippen LogP contribution in [-0.2, 0) is 6.54 Å². The highest BCUT2D eigenvalue weighted by Gasteiger charge is 2.25. The van der Waals surface area contributed by atoms with Gasteiger partial charge in [-0.1, -0.05) is 30.3 Å². The lowest BCUT2D eigenvalue weighted by Gasteiger charge is -2.23. The van der Waals surface area contributed by atoms with E-state index in [0.29, 0.717) is 52.8 Å². The summed E-state index contributed by atoms with van der Waals surface area (Å²) in [4.78, 5) is 29.3. The Morgan fingerprint density at radius 3 is 2.51 bits per heavy atom. The average Bonchev–Trinajstić information content (AvgIpc) is 3.54. The highest BCUT2D eigenvalue weighted by molar-refractivity contribution is 5.96. The molecule has 1 aliphatic rings. The Bertz CT molecular complexity index is 1740. The lowest BCUT2D eigenvalue weighted by molar-refractivity contribution is 0.243. The second-order valence-electron chi connectivity index (χ2n) is 13.3. The van der Waals surface area contributed by atoms with Gasteiger partial charge < -0.3 is 30.8 Å². The lowest BCUT2D eigenvalue weighted by Crippen LogP contribution is -2.43. The quantitative estimate of drug-likeness (QED) is 0.0733. The van der Waals surface area contributed by atoms with E-state index in [4.69, 9.17) is 26.0 Å². The van der Waals surface area contributed by atoms with E-state index in [1.54, 1.807) is 31.5 Å². The van der Waals surface area contributed by atoms with Crippen LogP contribution in [0.15, 0.2) is 72.7 Å². The van der Waals surface area contributed by atoms with E-state index >= 15 is 0 Å². The molecule has 49 heavy (non-hydrogen) atoms. The Morgan fingerprint density at radius 1 is 1.08 bits per heavy atom. The maximum absolute atomic E-state index is 12.9. The Morgan fingerprint density at radius 2 is 1.82 bits per heavy atom. The topological polar surface area (TPSA) is 169 Å². The first kappa shape index (κ1) is 35.2. The van der Waals surface area contributed by atoms with Crippen LogP contribution in [0.3, 0.4) is 0 Å². The summed E-state index contributed by atoms with van der Waals surface area (Å²) in [5.41, 5.74) is 9.77. The fourth-order valence-electron chi connectivity index (χ4n) is 5.70. The molecule has 7 N–H and O–H groups in total. The molecule has 1 fully saturated rings. The summed E-state index contributed by atoms with van der Waals surface area (Å²) >= 11 is 0. The van der Waals surface area contributed by atoms with Gasteiger partial charge in [-0.15, -0.1) is 0 Å². The summed E-state index contributed by atoms with van der Waals surface area (Å²) in [6, 6.07) is 17.7. The molecule has 0 spiro atoms. The highest BCUT2D eigenvalue weighted by atomic mass is 16.5. The molecular weight excluding hydrogens is 620 g/mol. The molecule has 0 aliphatic carbocycles. The van der Waals surface area contributed by atoms with Gasteiger partial charge in [0.15, 0.2) is 5.65 Å². The molecule has 5 rings (SSSR count). The summed E-state index contributed by atoms with van der Waals surface area (Å²) in [5, 5.41) is 11.6. The predicted octanol–water partition coefficient (Wildman–Crippen LogP) is 5.07. The van der Waals surface area contributed by atoms with Gasteiger partial charge in [-0.05, 0) is 69.4 Å². The maximum Gasteiger partial charge on any atom is 0.320 e. The van der Waals surface area contributed by atoms with Crippen LogP contribution in [0.4, 0.5) is 16.6 Å². The third-order valence-electron chi connectivity index (χ3n) is 8.11. The van der Waals surface area contributed by atoms with E-state index < -0.39 is 5.54 Å². The van der Waals surface area contributed by atoms with Crippen LogP contribution < -0.4 is 37.0 Å².